The van der Waals surface area contributed by atoms with Gasteiger partial charge in [-0.1, -0.05) is 47.1 Å². The van der Waals surface area contributed by atoms with E-state index < -0.39 is 12.1 Å². The summed E-state index contributed by atoms with van der Waals surface area (Å²) in [6, 6.07) is 16.1. The summed E-state index contributed by atoms with van der Waals surface area (Å²) in [5, 5.41) is 4.49. The zero-order chi connectivity index (χ0) is 24.9. The molecule has 0 radical (unpaired) electrons. The highest BCUT2D eigenvalue weighted by Crippen LogP contribution is 2.41. The number of benzene rings is 2. The maximum atomic E-state index is 13.1. The predicted molar refractivity (Wildman–Crippen MR) is 132 cm³/mol. The van der Waals surface area contributed by atoms with Crippen LogP contribution in [0, 0.1) is 6.92 Å². The highest BCUT2D eigenvalue weighted by Gasteiger charge is 2.30. The fourth-order valence-corrected chi connectivity index (χ4v) is 3.84. The second-order valence-corrected chi connectivity index (χ2v) is 7.87. The summed E-state index contributed by atoms with van der Waals surface area (Å²) >= 11 is 6.44. The van der Waals surface area contributed by atoms with E-state index in [1.807, 2.05) is 24.3 Å². The van der Waals surface area contributed by atoms with Gasteiger partial charge < -0.3 is 14.0 Å². The van der Waals surface area contributed by atoms with Gasteiger partial charge in [-0.3, -0.25) is 4.98 Å². The van der Waals surface area contributed by atoms with Crippen LogP contribution in [0.4, 0.5) is 16.2 Å². The van der Waals surface area contributed by atoms with Gasteiger partial charge in [0.25, 0.3) is 0 Å². The quantitative estimate of drug-likeness (QED) is 0.286. The number of aromatic nitrogens is 2. The number of halogens is 1. The topological polar surface area (TPSA) is 94.8 Å². The number of carbonyl (C=O) groups excluding carboxylic acids is 2. The van der Waals surface area contributed by atoms with E-state index in [1.54, 1.807) is 50.4 Å². The summed E-state index contributed by atoms with van der Waals surface area (Å²) in [5.74, 6) is -0.122. The third-order valence-corrected chi connectivity index (χ3v) is 5.54. The molecule has 0 spiro atoms. The molecule has 0 saturated carbocycles. The molecular formula is C26H22ClN3O5. The number of hydrogen-bond acceptors (Lipinski definition) is 7. The molecule has 2 heterocycles. The summed E-state index contributed by atoms with van der Waals surface area (Å²) in [5.41, 5.74) is 3.80. The Morgan fingerprint density at radius 3 is 2.54 bits per heavy atom. The monoisotopic (exact) mass is 491 g/mol. The Morgan fingerprint density at radius 2 is 1.80 bits per heavy atom. The minimum atomic E-state index is -0.612. The number of nitrogens with zero attached hydrogens (tertiary/aromatic N) is 3. The van der Waals surface area contributed by atoms with Gasteiger partial charge in [-0.15, -0.1) is 0 Å². The van der Waals surface area contributed by atoms with Crippen molar-refractivity contribution in [1.82, 2.24) is 10.1 Å². The Morgan fingerprint density at radius 1 is 1.03 bits per heavy atom. The Kier molecular flexibility index (Phi) is 7.12. The number of carbonyl (C=O) groups is 2. The number of pyridine rings is 1. The molecule has 0 unspecified atom stereocenters. The van der Waals surface area contributed by atoms with Gasteiger partial charge in [0.05, 0.1) is 30.0 Å². The maximum Gasteiger partial charge on any atom is 0.419 e. The van der Waals surface area contributed by atoms with Gasteiger partial charge in [-0.05, 0) is 43.7 Å². The molecule has 8 nitrogen and oxygen atoms in total. The first-order valence-corrected chi connectivity index (χ1v) is 11.1. The maximum absolute atomic E-state index is 13.1. The third-order valence-electron chi connectivity index (χ3n) is 5.22. The molecule has 2 aromatic heterocycles. The predicted octanol–water partition coefficient (Wildman–Crippen LogP) is 6.45. The molecule has 2 aromatic carbocycles. The van der Waals surface area contributed by atoms with Crippen molar-refractivity contribution in [3.05, 3.63) is 83.3 Å². The molecular weight excluding hydrogens is 470 g/mol. The highest BCUT2D eigenvalue weighted by molar-refractivity contribution is 6.34. The Bertz CT molecular complexity index is 1380. The van der Waals surface area contributed by atoms with E-state index in [0.717, 1.165) is 5.56 Å². The van der Waals surface area contributed by atoms with E-state index in [4.69, 9.17) is 25.6 Å². The van der Waals surface area contributed by atoms with Crippen LogP contribution in [0.1, 0.15) is 23.0 Å². The SMILES string of the molecule is CCOC(=O)N(c1ccccc1Cl)c1c(C)noc1-c1cccc(-c2cncc(C(=O)OC)c2)c1. The number of hydrogen-bond donors (Lipinski definition) is 0. The highest BCUT2D eigenvalue weighted by atomic mass is 35.5. The molecule has 0 fully saturated rings. The number of esters is 1. The van der Waals surface area contributed by atoms with Crippen molar-refractivity contribution in [3.8, 4) is 22.5 Å². The molecule has 35 heavy (non-hydrogen) atoms. The Hall–Kier alpha value is -4.17. The molecule has 0 aliphatic carbocycles. The van der Waals surface area contributed by atoms with Gasteiger partial charge in [-0.25, -0.2) is 14.5 Å². The second kappa shape index (κ2) is 10.4. The minimum Gasteiger partial charge on any atom is -0.465 e. The van der Waals surface area contributed by atoms with Crippen molar-refractivity contribution in [1.29, 1.82) is 0 Å². The number of rotatable bonds is 6. The van der Waals surface area contributed by atoms with E-state index in [2.05, 4.69) is 10.1 Å². The van der Waals surface area contributed by atoms with Crippen molar-refractivity contribution >= 4 is 35.0 Å². The molecule has 0 N–H and O–H groups in total. The van der Waals surface area contributed by atoms with Gasteiger partial charge in [0.15, 0.2) is 5.76 Å². The average Bonchev–Trinajstić information content (AvgIpc) is 3.26. The van der Waals surface area contributed by atoms with Gasteiger partial charge in [0, 0.05) is 23.5 Å². The molecule has 9 heteroatoms. The number of anilines is 2. The van der Waals surface area contributed by atoms with Crippen molar-refractivity contribution in [2.24, 2.45) is 0 Å². The molecule has 4 rings (SSSR count). The van der Waals surface area contributed by atoms with Crippen LogP contribution in [0.3, 0.4) is 0 Å². The summed E-state index contributed by atoms with van der Waals surface area (Å²) < 4.78 is 15.8. The normalized spacial score (nSPS) is 10.6. The second-order valence-electron chi connectivity index (χ2n) is 7.47. The van der Waals surface area contributed by atoms with Crippen LogP contribution < -0.4 is 4.90 Å². The summed E-state index contributed by atoms with van der Waals surface area (Å²) in [7, 11) is 1.32. The summed E-state index contributed by atoms with van der Waals surface area (Å²) in [4.78, 5) is 30.5. The van der Waals surface area contributed by atoms with Gasteiger partial charge in [0.1, 0.15) is 11.4 Å². The van der Waals surface area contributed by atoms with E-state index in [1.165, 1.54) is 18.2 Å². The van der Waals surface area contributed by atoms with E-state index in [9.17, 15) is 9.59 Å². The Balaban J connectivity index is 1.83. The lowest BCUT2D eigenvalue weighted by Crippen LogP contribution is -2.27. The Labute approximate surface area is 207 Å². The van der Waals surface area contributed by atoms with E-state index in [-0.39, 0.29) is 6.61 Å². The van der Waals surface area contributed by atoms with Gasteiger partial charge >= 0.3 is 12.1 Å². The fourth-order valence-electron chi connectivity index (χ4n) is 3.62. The molecule has 0 saturated heterocycles. The standard InChI is InChI=1S/C26H22ClN3O5/c1-4-34-26(32)30(22-11-6-5-10-21(22)27)23-16(2)29-35-24(23)18-9-7-8-17(12-18)19-13-20(15-28-14-19)25(31)33-3/h5-15H,4H2,1-3H3. The third kappa shape index (κ3) is 4.88. The summed E-state index contributed by atoms with van der Waals surface area (Å²) in [6.07, 6.45) is 2.48. The van der Waals surface area contributed by atoms with Gasteiger partial charge in [0.2, 0.25) is 0 Å². The largest absolute Gasteiger partial charge is 0.465 e. The zero-order valence-corrected chi connectivity index (χ0v) is 20.1. The van der Waals surface area contributed by atoms with Crippen LogP contribution in [0.15, 0.2) is 71.5 Å². The van der Waals surface area contributed by atoms with Crippen molar-refractivity contribution in [2.45, 2.75) is 13.8 Å². The van der Waals surface area contributed by atoms with Crippen molar-refractivity contribution in [2.75, 3.05) is 18.6 Å². The number of amides is 1. The van der Waals surface area contributed by atoms with Crippen molar-refractivity contribution < 1.29 is 23.6 Å². The molecule has 0 atom stereocenters. The number of methoxy groups -OCH3 is 1. The van der Waals surface area contributed by atoms with Crippen LogP contribution in [-0.2, 0) is 9.47 Å². The first-order chi connectivity index (χ1) is 16.9. The first-order valence-electron chi connectivity index (χ1n) is 10.8. The molecule has 0 aliphatic heterocycles. The fraction of sp³-hybridized carbons (Fsp3) is 0.154. The van der Waals surface area contributed by atoms with Crippen LogP contribution in [0.2, 0.25) is 5.02 Å². The minimum absolute atomic E-state index is 0.179. The lowest BCUT2D eigenvalue weighted by molar-refractivity contribution is 0.0600. The van der Waals surface area contributed by atoms with Crippen LogP contribution >= 0.6 is 11.6 Å². The summed E-state index contributed by atoms with van der Waals surface area (Å²) in [6.45, 7) is 3.64. The lowest BCUT2D eigenvalue weighted by atomic mass is 10.0. The molecule has 0 bridgehead atoms. The van der Waals surface area contributed by atoms with Crippen LogP contribution in [0.25, 0.3) is 22.5 Å². The smallest absolute Gasteiger partial charge is 0.419 e. The lowest BCUT2D eigenvalue weighted by Gasteiger charge is -2.23. The van der Waals surface area contributed by atoms with Crippen LogP contribution in [-0.4, -0.2) is 35.9 Å². The first kappa shape index (κ1) is 24.0. The van der Waals surface area contributed by atoms with Gasteiger partial charge in [-0.2, -0.15) is 0 Å². The van der Waals surface area contributed by atoms with E-state index >= 15 is 0 Å². The molecule has 178 valence electrons. The zero-order valence-electron chi connectivity index (χ0n) is 19.3. The number of aryl methyl sites for hydroxylation is 1. The van der Waals surface area contributed by atoms with E-state index in [0.29, 0.717) is 44.5 Å². The molecule has 1 amide bonds. The van der Waals surface area contributed by atoms with Crippen molar-refractivity contribution in [3.63, 3.8) is 0 Å². The number of para-hydroxylation sites is 1. The van der Waals surface area contributed by atoms with Crippen LogP contribution in [0.5, 0.6) is 0 Å². The number of ether oxygens (including phenoxy) is 2. The average molecular weight is 492 g/mol. The molecule has 4 aromatic rings. The molecule has 0 aliphatic rings.